The molecule has 0 aliphatic carbocycles. The summed E-state index contributed by atoms with van der Waals surface area (Å²) >= 11 is 3.42. The third-order valence-corrected chi connectivity index (χ3v) is 4.21. The summed E-state index contributed by atoms with van der Waals surface area (Å²) in [6.45, 7) is 5.18. The standard InChI is InChI=1S/C17H19BrFN/c1-12(14-6-4-3-5-7-14)11-20-13(2)16-9-8-15(19)10-17(16)18/h3-10,12-13,20H,11H2,1-2H3. The first kappa shape index (κ1) is 15.2. The molecule has 0 spiro atoms. The highest BCUT2D eigenvalue weighted by Gasteiger charge is 2.12. The van der Waals surface area contributed by atoms with E-state index >= 15 is 0 Å². The van der Waals surface area contributed by atoms with Crippen LogP contribution in [-0.4, -0.2) is 6.54 Å². The maximum atomic E-state index is 13.1. The molecule has 0 fully saturated rings. The van der Waals surface area contributed by atoms with E-state index in [9.17, 15) is 4.39 Å². The highest BCUT2D eigenvalue weighted by atomic mass is 79.9. The Morgan fingerprint density at radius 1 is 1.10 bits per heavy atom. The lowest BCUT2D eigenvalue weighted by atomic mass is 10.0. The van der Waals surface area contributed by atoms with Crippen LogP contribution in [0.4, 0.5) is 4.39 Å². The third kappa shape index (κ3) is 3.90. The van der Waals surface area contributed by atoms with Crippen molar-refractivity contribution in [1.82, 2.24) is 5.32 Å². The van der Waals surface area contributed by atoms with Gasteiger partial charge in [-0.3, -0.25) is 0 Å². The van der Waals surface area contributed by atoms with E-state index in [-0.39, 0.29) is 11.9 Å². The van der Waals surface area contributed by atoms with Gasteiger partial charge in [0.2, 0.25) is 0 Å². The molecule has 0 aromatic heterocycles. The van der Waals surface area contributed by atoms with E-state index < -0.39 is 0 Å². The summed E-state index contributed by atoms with van der Waals surface area (Å²) in [5.41, 5.74) is 2.40. The molecule has 0 saturated carbocycles. The van der Waals surface area contributed by atoms with Crippen molar-refractivity contribution in [1.29, 1.82) is 0 Å². The molecule has 106 valence electrons. The summed E-state index contributed by atoms with van der Waals surface area (Å²) in [5.74, 6) is 0.225. The molecule has 3 heteroatoms. The molecule has 0 aliphatic rings. The molecule has 0 saturated heterocycles. The number of hydrogen-bond acceptors (Lipinski definition) is 1. The molecule has 1 nitrogen and oxygen atoms in total. The largest absolute Gasteiger partial charge is 0.310 e. The van der Waals surface area contributed by atoms with Gasteiger partial charge in [-0.2, -0.15) is 0 Å². The Labute approximate surface area is 128 Å². The molecule has 2 atom stereocenters. The van der Waals surface area contributed by atoms with Crippen LogP contribution < -0.4 is 5.32 Å². The molecule has 20 heavy (non-hydrogen) atoms. The minimum absolute atomic E-state index is 0.177. The van der Waals surface area contributed by atoms with Crippen molar-refractivity contribution in [3.05, 3.63) is 69.9 Å². The summed E-state index contributed by atoms with van der Waals surface area (Å²) in [6, 6.07) is 15.4. The van der Waals surface area contributed by atoms with Gasteiger partial charge in [-0.1, -0.05) is 59.3 Å². The fourth-order valence-corrected chi connectivity index (χ4v) is 2.91. The highest BCUT2D eigenvalue weighted by Crippen LogP contribution is 2.24. The maximum absolute atomic E-state index is 13.1. The normalized spacial score (nSPS) is 14.0. The molecule has 2 aromatic carbocycles. The second-order valence-electron chi connectivity index (χ2n) is 5.11. The molecule has 0 bridgehead atoms. The molecule has 0 amide bonds. The van der Waals surface area contributed by atoms with Crippen molar-refractivity contribution >= 4 is 15.9 Å². The van der Waals surface area contributed by atoms with E-state index in [1.54, 1.807) is 0 Å². The molecular weight excluding hydrogens is 317 g/mol. The first-order chi connectivity index (χ1) is 9.58. The summed E-state index contributed by atoms with van der Waals surface area (Å²) in [4.78, 5) is 0. The molecule has 0 aliphatic heterocycles. The number of halogens is 2. The van der Waals surface area contributed by atoms with Gasteiger partial charge in [0, 0.05) is 17.1 Å². The van der Waals surface area contributed by atoms with Gasteiger partial charge in [-0.25, -0.2) is 4.39 Å². The molecular formula is C17H19BrFN. The lowest BCUT2D eigenvalue weighted by Crippen LogP contribution is -2.23. The average molecular weight is 336 g/mol. The lowest BCUT2D eigenvalue weighted by Gasteiger charge is -2.19. The van der Waals surface area contributed by atoms with Crippen LogP contribution in [-0.2, 0) is 0 Å². The Bertz CT molecular complexity index is 556. The van der Waals surface area contributed by atoms with Crippen LogP contribution in [0.1, 0.15) is 36.9 Å². The van der Waals surface area contributed by atoms with Gasteiger partial charge in [0.1, 0.15) is 5.82 Å². The van der Waals surface area contributed by atoms with E-state index in [0.29, 0.717) is 5.92 Å². The lowest BCUT2D eigenvalue weighted by molar-refractivity contribution is 0.534. The minimum Gasteiger partial charge on any atom is -0.310 e. The smallest absolute Gasteiger partial charge is 0.124 e. The van der Waals surface area contributed by atoms with Crippen molar-refractivity contribution in [2.24, 2.45) is 0 Å². The van der Waals surface area contributed by atoms with Crippen molar-refractivity contribution in [3.63, 3.8) is 0 Å². The van der Waals surface area contributed by atoms with E-state index in [0.717, 1.165) is 16.6 Å². The van der Waals surface area contributed by atoms with Gasteiger partial charge in [0.05, 0.1) is 0 Å². The van der Waals surface area contributed by atoms with Gasteiger partial charge in [-0.15, -0.1) is 0 Å². The number of rotatable bonds is 5. The van der Waals surface area contributed by atoms with Gasteiger partial charge < -0.3 is 5.32 Å². The summed E-state index contributed by atoms with van der Waals surface area (Å²) in [6.07, 6.45) is 0. The third-order valence-electron chi connectivity index (χ3n) is 3.53. The van der Waals surface area contributed by atoms with Crippen LogP contribution in [0.5, 0.6) is 0 Å². The van der Waals surface area contributed by atoms with Gasteiger partial charge in [0.25, 0.3) is 0 Å². The highest BCUT2D eigenvalue weighted by molar-refractivity contribution is 9.10. The Hall–Kier alpha value is -1.19. The first-order valence-corrected chi connectivity index (χ1v) is 7.60. The van der Waals surface area contributed by atoms with Crippen LogP contribution in [0.3, 0.4) is 0 Å². The van der Waals surface area contributed by atoms with E-state index in [1.165, 1.54) is 17.7 Å². The second kappa shape index (κ2) is 7.00. The second-order valence-corrected chi connectivity index (χ2v) is 5.96. The zero-order valence-corrected chi connectivity index (χ0v) is 13.3. The van der Waals surface area contributed by atoms with Crippen LogP contribution >= 0.6 is 15.9 Å². The van der Waals surface area contributed by atoms with Crippen molar-refractivity contribution in [2.45, 2.75) is 25.8 Å². The predicted molar refractivity (Wildman–Crippen MR) is 85.4 cm³/mol. The monoisotopic (exact) mass is 335 g/mol. The molecule has 2 unspecified atom stereocenters. The minimum atomic E-state index is -0.217. The van der Waals surface area contributed by atoms with E-state index in [2.05, 4.69) is 59.4 Å². The Morgan fingerprint density at radius 2 is 1.80 bits per heavy atom. The molecule has 2 rings (SSSR count). The molecule has 0 heterocycles. The average Bonchev–Trinajstić information content (AvgIpc) is 2.45. The Balaban J connectivity index is 1.96. The zero-order valence-electron chi connectivity index (χ0n) is 11.7. The molecule has 2 aromatic rings. The molecule has 0 radical (unpaired) electrons. The number of nitrogens with one attached hydrogen (secondary N) is 1. The van der Waals surface area contributed by atoms with Crippen molar-refractivity contribution in [2.75, 3.05) is 6.54 Å². The maximum Gasteiger partial charge on any atom is 0.124 e. The quantitative estimate of drug-likeness (QED) is 0.806. The SMILES string of the molecule is CC(CNC(C)c1ccc(F)cc1Br)c1ccccc1. The van der Waals surface area contributed by atoms with Crippen LogP contribution in [0.25, 0.3) is 0 Å². The predicted octanol–water partition coefficient (Wildman–Crippen LogP) is 5.04. The zero-order chi connectivity index (χ0) is 14.5. The molecule has 1 N–H and O–H groups in total. The van der Waals surface area contributed by atoms with Crippen LogP contribution in [0.2, 0.25) is 0 Å². The topological polar surface area (TPSA) is 12.0 Å². The fourth-order valence-electron chi connectivity index (χ4n) is 2.22. The summed E-state index contributed by atoms with van der Waals surface area (Å²) < 4.78 is 13.9. The van der Waals surface area contributed by atoms with Gasteiger partial charge in [0.15, 0.2) is 0 Å². The fraction of sp³-hybridized carbons (Fsp3) is 0.294. The van der Waals surface area contributed by atoms with Gasteiger partial charge in [-0.05, 0) is 36.1 Å². The number of hydrogen-bond donors (Lipinski definition) is 1. The Kier molecular flexibility index (Phi) is 5.32. The summed E-state index contributed by atoms with van der Waals surface area (Å²) in [5, 5.41) is 3.50. The van der Waals surface area contributed by atoms with E-state index in [1.807, 2.05) is 12.1 Å². The van der Waals surface area contributed by atoms with Crippen molar-refractivity contribution in [3.8, 4) is 0 Å². The van der Waals surface area contributed by atoms with E-state index in [4.69, 9.17) is 0 Å². The number of benzene rings is 2. The van der Waals surface area contributed by atoms with Crippen LogP contribution in [0.15, 0.2) is 53.0 Å². The first-order valence-electron chi connectivity index (χ1n) is 6.81. The van der Waals surface area contributed by atoms with Crippen molar-refractivity contribution < 1.29 is 4.39 Å². The summed E-state index contributed by atoms with van der Waals surface area (Å²) in [7, 11) is 0. The van der Waals surface area contributed by atoms with Gasteiger partial charge >= 0.3 is 0 Å². The Morgan fingerprint density at radius 3 is 2.45 bits per heavy atom. The van der Waals surface area contributed by atoms with Crippen LogP contribution in [0, 0.1) is 5.82 Å².